The Morgan fingerprint density at radius 2 is 1.94 bits per heavy atom. The predicted molar refractivity (Wildman–Crippen MR) is 68.8 cm³/mol. The summed E-state index contributed by atoms with van der Waals surface area (Å²) >= 11 is 0. The zero-order chi connectivity index (χ0) is 12.3. The first-order chi connectivity index (χ1) is 8.33. The Morgan fingerprint density at radius 3 is 2.65 bits per heavy atom. The van der Waals surface area contributed by atoms with Gasteiger partial charge in [0.1, 0.15) is 0 Å². The van der Waals surface area contributed by atoms with Crippen molar-refractivity contribution in [1.82, 2.24) is 4.90 Å². The molecule has 0 spiro atoms. The van der Waals surface area contributed by atoms with Crippen molar-refractivity contribution < 1.29 is 9.47 Å². The summed E-state index contributed by atoms with van der Waals surface area (Å²) in [4.78, 5) is 2.37. The molecule has 3 heteroatoms. The van der Waals surface area contributed by atoms with Gasteiger partial charge in [-0.2, -0.15) is 0 Å². The molecule has 0 N–H and O–H groups in total. The van der Waals surface area contributed by atoms with Crippen LogP contribution in [0.1, 0.15) is 31.7 Å². The van der Waals surface area contributed by atoms with Crippen molar-refractivity contribution in [2.45, 2.75) is 26.2 Å². The molecule has 1 saturated heterocycles. The van der Waals surface area contributed by atoms with Gasteiger partial charge in [-0.3, -0.25) is 0 Å². The van der Waals surface area contributed by atoms with E-state index in [1.807, 2.05) is 19.9 Å². The number of hydrogen-bond acceptors (Lipinski definition) is 3. The van der Waals surface area contributed by atoms with E-state index in [0.717, 1.165) is 18.0 Å². The summed E-state index contributed by atoms with van der Waals surface area (Å²) in [5.74, 6) is 2.44. The molecule has 94 valence electrons. The standard InChI is InChI=1S/C12H15NO2.C2H6/c1-13-5-4-10(7-13)9-2-3-11-12(6-9)15-8-14-11;1-2/h2-3,6,10H,4-5,7-8H2,1H3;1-2H3. The van der Waals surface area contributed by atoms with E-state index in [1.54, 1.807) is 0 Å². The van der Waals surface area contributed by atoms with Crippen molar-refractivity contribution in [3.05, 3.63) is 23.8 Å². The maximum Gasteiger partial charge on any atom is 0.231 e. The Labute approximate surface area is 103 Å². The van der Waals surface area contributed by atoms with Gasteiger partial charge in [0.05, 0.1) is 0 Å². The number of likely N-dealkylation sites (N-methyl/N-ethyl adjacent to an activating group) is 1. The van der Waals surface area contributed by atoms with Gasteiger partial charge in [0.25, 0.3) is 0 Å². The third-order valence-corrected chi connectivity index (χ3v) is 3.26. The molecular formula is C14H21NO2. The molecule has 3 rings (SSSR count). The van der Waals surface area contributed by atoms with Gasteiger partial charge < -0.3 is 14.4 Å². The fourth-order valence-electron chi connectivity index (χ4n) is 2.37. The van der Waals surface area contributed by atoms with Gasteiger partial charge in [-0.15, -0.1) is 0 Å². The van der Waals surface area contributed by atoms with Crippen LogP contribution >= 0.6 is 0 Å². The SMILES string of the molecule is CC.CN1CCC(c2ccc3c(c2)OCO3)C1. The molecule has 1 atom stereocenters. The van der Waals surface area contributed by atoms with Gasteiger partial charge in [-0.05, 0) is 43.6 Å². The van der Waals surface area contributed by atoms with Crippen LogP contribution in [0.15, 0.2) is 18.2 Å². The fraction of sp³-hybridized carbons (Fsp3) is 0.571. The molecule has 3 nitrogen and oxygen atoms in total. The molecule has 0 radical (unpaired) electrons. The molecule has 0 amide bonds. The second kappa shape index (κ2) is 5.41. The lowest BCUT2D eigenvalue weighted by atomic mass is 9.98. The molecule has 0 aromatic heterocycles. The third-order valence-electron chi connectivity index (χ3n) is 3.26. The van der Waals surface area contributed by atoms with Crippen LogP contribution in [0.2, 0.25) is 0 Å². The number of hydrogen-bond donors (Lipinski definition) is 0. The van der Waals surface area contributed by atoms with Crippen LogP contribution in [0, 0.1) is 0 Å². The highest BCUT2D eigenvalue weighted by atomic mass is 16.7. The number of fused-ring (bicyclic) bond motifs is 1. The molecule has 0 saturated carbocycles. The quantitative estimate of drug-likeness (QED) is 0.747. The van der Waals surface area contributed by atoms with Crippen LogP contribution in [-0.2, 0) is 0 Å². The van der Waals surface area contributed by atoms with E-state index in [0.29, 0.717) is 12.7 Å². The average molecular weight is 235 g/mol. The maximum absolute atomic E-state index is 5.39. The summed E-state index contributed by atoms with van der Waals surface area (Å²) in [5.41, 5.74) is 1.38. The molecule has 1 fully saturated rings. The van der Waals surface area contributed by atoms with E-state index in [9.17, 15) is 0 Å². The molecule has 17 heavy (non-hydrogen) atoms. The Kier molecular flexibility index (Phi) is 3.89. The molecule has 0 bridgehead atoms. The smallest absolute Gasteiger partial charge is 0.231 e. The highest BCUT2D eigenvalue weighted by molar-refractivity contribution is 5.45. The van der Waals surface area contributed by atoms with Crippen LogP contribution in [0.5, 0.6) is 11.5 Å². The number of likely N-dealkylation sites (tertiary alicyclic amines) is 1. The van der Waals surface area contributed by atoms with Gasteiger partial charge in [0, 0.05) is 6.54 Å². The van der Waals surface area contributed by atoms with Crippen molar-refractivity contribution in [2.75, 3.05) is 26.9 Å². The number of benzene rings is 1. The first-order valence-electron chi connectivity index (χ1n) is 6.41. The van der Waals surface area contributed by atoms with Gasteiger partial charge in [-0.25, -0.2) is 0 Å². The van der Waals surface area contributed by atoms with Gasteiger partial charge in [0.2, 0.25) is 6.79 Å². The molecule has 2 aliphatic heterocycles. The van der Waals surface area contributed by atoms with Gasteiger partial charge >= 0.3 is 0 Å². The number of nitrogens with zero attached hydrogens (tertiary/aromatic N) is 1. The summed E-state index contributed by atoms with van der Waals surface area (Å²) in [6, 6.07) is 6.32. The number of ether oxygens (including phenoxy) is 2. The minimum atomic E-state index is 0.364. The molecule has 2 heterocycles. The summed E-state index contributed by atoms with van der Waals surface area (Å²) in [6.07, 6.45) is 1.25. The van der Waals surface area contributed by atoms with Crippen LogP contribution in [0.25, 0.3) is 0 Å². The Bertz CT molecular complexity index is 378. The van der Waals surface area contributed by atoms with E-state index in [-0.39, 0.29) is 0 Å². The first kappa shape index (κ1) is 12.2. The topological polar surface area (TPSA) is 21.7 Å². The molecule has 1 aromatic carbocycles. The summed E-state index contributed by atoms with van der Waals surface area (Å²) < 4.78 is 10.7. The minimum Gasteiger partial charge on any atom is -0.454 e. The predicted octanol–water partition coefficient (Wildman–Crippen LogP) is 2.86. The number of rotatable bonds is 1. The monoisotopic (exact) mass is 235 g/mol. The zero-order valence-electron chi connectivity index (χ0n) is 10.9. The third kappa shape index (κ3) is 2.55. The lowest BCUT2D eigenvalue weighted by Crippen LogP contribution is -2.13. The minimum absolute atomic E-state index is 0.364. The lowest BCUT2D eigenvalue weighted by molar-refractivity contribution is 0.174. The second-order valence-electron chi connectivity index (χ2n) is 4.36. The maximum atomic E-state index is 5.39. The summed E-state index contributed by atoms with van der Waals surface area (Å²) in [6.45, 7) is 6.71. The largest absolute Gasteiger partial charge is 0.454 e. The van der Waals surface area contributed by atoms with Crippen molar-refractivity contribution >= 4 is 0 Å². The highest BCUT2D eigenvalue weighted by Crippen LogP contribution is 2.36. The summed E-state index contributed by atoms with van der Waals surface area (Å²) in [7, 11) is 2.17. The normalized spacial score (nSPS) is 22.2. The Balaban J connectivity index is 0.000000514. The Hall–Kier alpha value is -1.22. The van der Waals surface area contributed by atoms with E-state index in [4.69, 9.17) is 9.47 Å². The molecule has 2 aliphatic rings. The summed E-state index contributed by atoms with van der Waals surface area (Å²) in [5, 5.41) is 0. The van der Waals surface area contributed by atoms with E-state index in [1.165, 1.54) is 18.5 Å². The highest BCUT2D eigenvalue weighted by Gasteiger charge is 2.23. The lowest BCUT2D eigenvalue weighted by Gasteiger charge is -2.11. The van der Waals surface area contributed by atoms with Crippen LogP contribution in [-0.4, -0.2) is 31.8 Å². The van der Waals surface area contributed by atoms with Gasteiger partial charge in [0.15, 0.2) is 11.5 Å². The molecule has 1 aromatic rings. The molecule has 0 aliphatic carbocycles. The van der Waals surface area contributed by atoms with Crippen LogP contribution in [0.3, 0.4) is 0 Å². The zero-order valence-corrected chi connectivity index (χ0v) is 10.9. The van der Waals surface area contributed by atoms with Crippen molar-refractivity contribution in [3.63, 3.8) is 0 Å². The fourth-order valence-corrected chi connectivity index (χ4v) is 2.37. The second-order valence-corrected chi connectivity index (χ2v) is 4.36. The van der Waals surface area contributed by atoms with Crippen LogP contribution < -0.4 is 9.47 Å². The van der Waals surface area contributed by atoms with E-state index >= 15 is 0 Å². The van der Waals surface area contributed by atoms with E-state index < -0.39 is 0 Å². The van der Waals surface area contributed by atoms with Crippen LogP contribution in [0.4, 0.5) is 0 Å². The van der Waals surface area contributed by atoms with Crippen molar-refractivity contribution in [2.24, 2.45) is 0 Å². The Morgan fingerprint density at radius 1 is 1.18 bits per heavy atom. The van der Waals surface area contributed by atoms with E-state index in [2.05, 4.69) is 24.1 Å². The molecular weight excluding hydrogens is 214 g/mol. The van der Waals surface area contributed by atoms with Crippen molar-refractivity contribution in [1.29, 1.82) is 0 Å². The van der Waals surface area contributed by atoms with Crippen molar-refractivity contribution in [3.8, 4) is 11.5 Å². The first-order valence-corrected chi connectivity index (χ1v) is 6.41. The molecule has 1 unspecified atom stereocenters. The van der Waals surface area contributed by atoms with Gasteiger partial charge in [-0.1, -0.05) is 19.9 Å². The average Bonchev–Trinajstić information content (AvgIpc) is 2.99.